The average molecular weight is 287 g/mol. The maximum absolute atomic E-state index is 10.2. The molecule has 1 saturated heterocycles. The summed E-state index contributed by atoms with van der Waals surface area (Å²) in [7, 11) is 0. The number of nitrogens with zero attached hydrogens (tertiary/aromatic N) is 1. The third-order valence-electron chi connectivity index (χ3n) is 3.44. The molecule has 6 heteroatoms. The summed E-state index contributed by atoms with van der Waals surface area (Å²) in [6, 6.07) is 0. The van der Waals surface area contributed by atoms with Gasteiger partial charge >= 0.3 is 0 Å². The molecule has 1 rings (SSSR count). The van der Waals surface area contributed by atoms with Crippen LogP contribution in [-0.2, 0) is 9.47 Å². The van der Waals surface area contributed by atoms with Crippen LogP contribution in [0.15, 0.2) is 17.3 Å². The van der Waals surface area contributed by atoms with Gasteiger partial charge in [-0.25, -0.2) is 0 Å². The average Bonchev–Trinajstić information content (AvgIpc) is 2.68. The van der Waals surface area contributed by atoms with Crippen molar-refractivity contribution in [2.24, 2.45) is 11.1 Å². The molecule has 1 heterocycles. The van der Waals surface area contributed by atoms with Gasteiger partial charge < -0.3 is 19.7 Å². The van der Waals surface area contributed by atoms with Crippen LogP contribution in [0.4, 0.5) is 0 Å². The van der Waals surface area contributed by atoms with Gasteiger partial charge in [-0.3, -0.25) is 0 Å². The third kappa shape index (κ3) is 4.94. The Morgan fingerprint density at radius 1 is 1.25 bits per heavy atom. The van der Waals surface area contributed by atoms with E-state index in [0.29, 0.717) is 6.42 Å². The summed E-state index contributed by atoms with van der Waals surface area (Å²) >= 11 is 0. The lowest BCUT2D eigenvalue weighted by atomic mass is 10.0. The minimum atomic E-state index is -0.852. The fourth-order valence-electron chi connectivity index (χ4n) is 2.12. The van der Waals surface area contributed by atoms with E-state index in [1.54, 1.807) is 32.9 Å². The van der Waals surface area contributed by atoms with E-state index in [2.05, 4.69) is 5.18 Å². The second-order valence-electron chi connectivity index (χ2n) is 5.76. The Balaban J connectivity index is 2.67. The lowest BCUT2D eigenvalue weighted by Crippen LogP contribution is -2.34. The summed E-state index contributed by atoms with van der Waals surface area (Å²) < 4.78 is 11.4. The SMILES string of the molecule is CC(/C=C\C(O)[C@H]1OC(C)(C)O[C@H]1CCN=O)[C@H](C)O. The molecule has 0 radical (unpaired) electrons. The van der Waals surface area contributed by atoms with Gasteiger partial charge in [-0.05, 0) is 33.1 Å². The highest BCUT2D eigenvalue weighted by Gasteiger charge is 2.43. The summed E-state index contributed by atoms with van der Waals surface area (Å²) in [4.78, 5) is 10.2. The molecule has 1 aliphatic rings. The first kappa shape index (κ1) is 17.2. The molecule has 2 N–H and O–H groups in total. The van der Waals surface area contributed by atoms with Crippen LogP contribution in [-0.4, -0.2) is 47.0 Å². The monoisotopic (exact) mass is 287 g/mol. The molecule has 0 aromatic rings. The van der Waals surface area contributed by atoms with E-state index < -0.39 is 24.1 Å². The summed E-state index contributed by atoms with van der Waals surface area (Å²) in [5.74, 6) is -0.849. The summed E-state index contributed by atoms with van der Waals surface area (Å²) in [5, 5.41) is 22.4. The largest absolute Gasteiger partial charge is 0.393 e. The van der Waals surface area contributed by atoms with Gasteiger partial charge in [0.05, 0.1) is 18.8 Å². The molecular formula is C14H25NO5. The van der Waals surface area contributed by atoms with Crippen molar-refractivity contribution in [3.05, 3.63) is 17.1 Å². The zero-order valence-corrected chi connectivity index (χ0v) is 12.5. The molecule has 0 spiro atoms. The normalized spacial score (nSPS) is 30.3. The lowest BCUT2D eigenvalue weighted by molar-refractivity contribution is -0.152. The van der Waals surface area contributed by atoms with E-state index >= 15 is 0 Å². The summed E-state index contributed by atoms with van der Waals surface area (Å²) in [6.45, 7) is 7.21. The maximum atomic E-state index is 10.2. The predicted octanol–water partition coefficient (Wildman–Crippen LogP) is 1.60. The number of rotatable bonds is 7. The van der Waals surface area contributed by atoms with Gasteiger partial charge in [-0.15, -0.1) is 0 Å². The van der Waals surface area contributed by atoms with Crippen LogP contribution < -0.4 is 0 Å². The Kier molecular flexibility index (Phi) is 6.26. The molecule has 5 atom stereocenters. The van der Waals surface area contributed by atoms with Gasteiger partial charge in [0.1, 0.15) is 12.2 Å². The van der Waals surface area contributed by atoms with E-state index in [4.69, 9.17) is 9.47 Å². The molecular weight excluding hydrogens is 262 g/mol. The van der Waals surface area contributed by atoms with Gasteiger partial charge in [0.15, 0.2) is 5.79 Å². The van der Waals surface area contributed by atoms with E-state index in [1.807, 2.05) is 6.92 Å². The molecule has 6 nitrogen and oxygen atoms in total. The fourth-order valence-corrected chi connectivity index (χ4v) is 2.12. The molecule has 20 heavy (non-hydrogen) atoms. The van der Waals surface area contributed by atoms with Crippen molar-refractivity contribution in [1.29, 1.82) is 0 Å². The van der Waals surface area contributed by atoms with Crippen molar-refractivity contribution >= 4 is 0 Å². The van der Waals surface area contributed by atoms with Crippen LogP contribution >= 0.6 is 0 Å². The van der Waals surface area contributed by atoms with Gasteiger partial charge in [0.2, 0.25) is 0 Å². The number of aliphatic hydroxyl groups excluding tert-OH is 2. The van der Waals surface area contributed by atoms with E-state index in [1.165, 1.54) is 0 Å². The molecule has 0 amide bonds. The van der Waals surface area contributed by atoms with Gasteiger partial charge in [0, 0.05) is 0 Å². The molecule has 0 aromatic heterocycles. The van der Waals surface area contributed by atoms with Crippen molar-refractivity contribution in [3.63, 3.8) is 0 Å². The second kappa shape index (κ2) is 7.26. The Labute approximate surface area is 119 Å². The van der Waals surface area contributed by atoms with Crippen molar-refractivity contribution < 1.29 is 19.7 Å². The van der Waals surface area contributed by atoms with Gasteiger partial charge in [0.25, 0.3) is 0 Å². The van der Waals surface area contributed by atoms with Crippen LogP contribution in [0.2, 0.25) is 0 Å². The molecule has 0 aliphatic carbocycles. The van der Waals surface area contributed by atoms with Crippen molar-refractivity contribution in [2.75, 3.05) is 6.54 Å². The van der Waals surface area contributed by atoms with Crippen molar-refractivity contribution in [2.45, 2.75) is 64.3 Å². The summed E-state index contributed by atoms with van der Waals surface area (Å²) in [6.07, 6.45) is 1.52. The third-order valence-corrected chi connectivity index (χ3v) is 3.44. The van der Waals surface area contributed by atoms with Crippen LogP contribution in [0.5, 0.6) is 0 Å². The first-order valence-electron chi connectivity index (χ1n) is 6.96. The lowest BCUT2D eigenvalue weighted by Gasteiger charge is -2.20. The highest BCUT2D eigenvalue weighted by molar-refractivity contribution is 5.00. The fraction of sp³-hybridized carbons (Fsp3) is 0.857. The molecule has 0 bridgehead atoms. The van der Waals surface area contributed by atoms with Gasteiger partial charge in [-0.1, -0.05) is 24.3 Å². The van der Waals surface area contributed by atoms with E-state index in [9.17, 15) is 15.1 Å². The van der Waals surface area contributed by atoms with Crippen LogP contribution in [0.1, 0.15) is 34.1 Å². The maximum Gasteiger partial charge on any atom is 0.163 e. The summed E-state index contributed by atoms with van der Waals surface area (Å²) in [5.41, 5.74) is 0. The van der Waals surface area contributed by atoms with E-state index in [-0.39, 0.29) is 18.6 Å². The molecule has 0 saturated carbocycles. The number of aliphatic hydroxyl groups is 2. The van der Waals surface area contributed by atoms with Crippen molar-refractivity contribution in [3.8, 4) is 0 Å². The first-order valence-corrected chi connectivity index (χ1v) is 6.96. The first-order chi connectivity index (χ1) is 9.26. The van der Waals surface area contributed by atoms with Gasteiger partial charge in [-0.2, -0.15) is 4.91 Å². The Morgan fingerprint density at radius 2 is 1.90 bits per heavy atom. The highest BCUT2D eigenvalue weighted by atomic mass is 16.8. The second-order valence-corrected chi connectivity index (χ2v) is 5.76. The topological polar surface area (TPSA) is 88.4 Å². The zero-order chi connectivity index (χ0) is 15.3. The van der Waals surface area contributed by atoms with Crippen LogP contribution in [0.3, 0.4) is 0 Å². The highest BCUT2D eigenvalue weighted by Crippen LogP contribution is 2.32. The Bertz CT molecular complexity index is 342. The predicted molar refractivity (Wildman–Crippen MR) is 75.1 cm³/mol. The Morgan fingerprint density at radius 3 is 2.45 bits per heavy atom. The number of hydrogen-bond acceptors (Lipinski definition) is 6. The molecule has 116 valence electrons. The molecule has 1 aliphatic heterocycles. The minimum Gasteiger partial charge on any atom is -0.393 e. The quantitative estimate of drug-likeness (QED) is 0.548. The molecule has 2 unspecified atom stereocenters. The van der Waals surface area contributed by atoms with Crippen LogP contribution in [0.25, 0.3) is 0 Å². The minimum absolute atomic E-state index is 0.0601. The molecule has 1 fully saturated rings. The van der Waals surface area contributed by atoms with Crippen molar-refractivity contribution in [1.82, 2.24) is 0 Å². The zero-order valence-electron chi connectivity index (χ0n) is 12.5. The smallest absolute Gasteiger partial charge is 0.163 e. The van der Waals surface area contributed by atoms with Crippen LogP contribution in [0, 0.1) is 10.8 Å². The number of ether oxygens (including phenoxy) is 2. The number of hydrogen-bond donors (Lipinski definition) is 2. The Hall–Kier alpha value is -0.820. The van der Waals surface area contributed by atoms with E-state index in [0.717, 1.165) is 0 Å². The standard InChI is InChI=1S/C14H25NO5/c1-9(10(2)16)5-6-11(17)13-12(7-8-15-18)19-14(3,4)20-13/h5-6,9-13,16-17H,7-8H2,1-4H3/b6-5-/t9?,10-,11?,12-,13+/m0/s1. The number of nitroso groups, excluding NO2 is 1. The molecule has 0 aromatic carbocycles.